The van der Waals surface area contributed by atoms with E-state index in [-0.39, 0.29) is 6.42 Å². The first kappa shape index (κ1) is 19.5. The zero-order valence-electron chi connectivity index (χ0n) is 16.7. The smallest absolute Gasteiger partial charge is 0.303 e. The molecule has 2 aromatic heterocycles. The van der Waals surface area contributed by atoms with Gasteiger partial charge in [-0.2, -0.15) is 0 Å². The fourth-order valence-electron chi connectivity index (χ4n) is 4.62. The molecule has 2 atom stereocenters. The van der Waals surface area contributed by atoms with Gasteiger partial charge in [0.05, 0.1) is 10.2 Å². The van der Waals surface area contributed by atoms with E-state index in [9.17, 15) is 9.90 Å². The summed E-state index contributed by atoms with van der Waals surface area (Å²) in [6.45, 7) is 8.25. The molecule has 4 heterocycles. The highest BCUT2D eigenvalue weighted by molar-refractivity contribution is 7.18. The molecule has 2 aliphatic rings. The number of rotatable bonds is 5. The molecule has 0 saturated carbocycles. The van der Waals surface area contributed by atoms with Gasteiger partial charge in [0.25, 0.3) is 0 Å². The lowest BCUT2D eigenvalue weighted by Gasteiger charge is -2.46. The van der Waals surface area contributed by atoms with Crippen LogP contribution in [0, 0.1) is 12.8 Å². The van der Waals surface area contributed by atoms with Crippen LogP contribution >= 0.6 is 11.3 Å². The topological polar surface area (TPSA) is 72.8 Å². The molecule has 28 heavy (non-hydrogen) atoms. The zero-order chi connectivity index (χ0) is 19.7. The quantitative estimate of drug-likeness (QED) is 0.821. The van der Waals surface area contributed by atoms with Crippen LogP contribution in [0.15, 0.2) is 11.7 Å². The van der Waals surface area contributed by atoms with Crippen LogP contribution in [0.1, 0.15) is 24.8 Å². The fourth-order valence-corrected chi connectivity index (χ4v) is 5.64. The molecule has 0 bridgehead atoms. The predicted molar refractivity (Wildman–Crippen MR) is 112 cm³/mol. The van der Waals surface area contributed by atoms with E-state index in [2.05, 4.69) is 44.0 Å². The van der Waals surface area contributed by atoms with Crippen molar-refractivity contribution in [3.8, 4) is 0 Å². The van der Waals surface area contributed by atoms with Crippen LogP contribution in [0.4, 0.5) is 5.82 Å². The number of nitrogens with zero attached hydrogens (tertiary/aromatic N) is 5. The van der Waals surface area contributed by atoms with Gasteiger partial charge in [-0.15, -0.1) is 11.3 Å². The molecule has 0 amide bonds. The number of piperazine rings is 1. The van der Waals surface area contributed by atoms with Gasteiger partial charge in [-0.05, 0) is 43.7 Å². The summed E-state index contributed by atoms with van der Waals surface area (Å²) in [6.07, 6.45) is 3.68. The Balaban J connectivity index is 1.54. The molecule has 0 spiro atoms. The van der Waals surface area contributed by atoms with Gasteiger partial charge in [0.15, 0.2) is 0 Å². The standard InChI is InChI=1S/C20H29N5O2S/c1-14-12-28-19-18(14)21-13-22-20(19)25-6-5-16(15(11-25)3-4-17(26)27)24-9-7-23(2)8-10-24/h12-13,15-16H,3-11H2,1-2H3,(H,26,27)/t15-,16+/m0/s1. The molecule has 1 N–H and O–H groups in total. The molecular formula is C20H29N5O2S. The number of carboxylic acid groups (broad SMARTS) is 1. The maximum absolute atomic E-state index is 11.2. The number of anilines is 1. The lowest BCUT2D eigenvalue weighted by molar-refractivity contribution is -0.137. The van der Waals surface area contributed by atoms with Crippen molar-refractivity contribution in [1.29, 1.82) is 0 Å². The number of carbonyl (C=O) groups is 1. The minimum absolute atomic E-state index is 0.236. The molecule has 2 aliphatic heterocycles. The molecule has 0 unspecified atom stereocenters. The van der Waals surface area contributed by atoms with E-state index in [0.29, 0.717) is 12.0 Å². The van der Waals surface area contributed by atoms with Gasteiger partial charge in [-0.25, -0.2) is 9.97 Å². The number of aryl methyl sites for hydroxylation is 1. The SMILES string of the molecule is Cc1csc2c(N3CC[C@@H](N4CCN(C)CC4)[C@@H](CCC(=O)O)C3)ncnc12. The van der Waals surface area contributed by atoms with Gasteiger partial charge >= 0.3 is 5.97 Å². The summed E-state index contributed by atoms with van der Waals surface area (Å²) in [5.41, 5.74) is 2.23. The average Bonchev–Trinajstić information content (AvgIpc) is 3.08. The molecule has 152 valence electrons. The van der Waals surface area contributed by atoms with Gasteiger partial charge in [-0.1, -0.05) is 0 Å². The van der Waals surface area contributed by atoms with Crippen molar-refractivity contribution in [2.24, 2.45) is 5.92 Å². The molecule has 2 aromatic rings. The number of thiophene rings is 1. The molecule has 0 aromatic carbocycles. The van der Waals surface area contributed by atoms with Gasteiger partial charge in [0.1, 0.15) is 12.1 Å². The number of hydrogen-bond acceptors (Lipinski definition) is 7. The summed E-state index contributed by atoms with van der Waals surface area (Å²) < 4.78 is 1.15. The minimum atomic E-state index is -0.701. The Morgan fingerprint density at radius 3 is 2.79 bits per heavy atom. The molecule has 4 rings (SSSR count). The minimum Gasteiger partial charge on any atom is -0.481 e. The van der Waals surface area contributed by atoms with E-state index in [4.69, 9.17) is 0 Å². The second kappa shape index (κ2) is 8.31. The first-order valence-electron chi connectivity index (χ1n) is 10.1. The van der Waals surface area contributed by atoms with E-state index < -0.39 is 5.97 Å². The van der Waals surface area contributed by atoms with Crippen LogP contribution in [-0.2, 0) is 4.79 Å². The van der Waals surface area contributed by atoms with E-state index in [1.165, 1.54) is 5.56 Å². The Morgan fingerprint density at radius 2 is 2.04 bits per heavy atom. The van der Waals surface area contributed by atoms with Crippen LogP contribution in [0.5, 0.6) is 0 Å². The number of aromatic nitrogens is 2. The van der Waals surface area contributed by atoms with E-state index >= 15 is 0 Å². The number of carboxylic acids is 1. The van der Waals surface area contributed by atoms with E-state index in [1.807, 2.05) is 0 Å². The third-order valence-electron chi connectivity index (χ3n) is 6.24. The van der Waals surface area contributed by atoms with Crippen molar-refractivity contribution < 1.29 is 9.90 Å². The van der Waals surface area contributed by atoms with Gasteiger partial charge in [0, 0.05) is 51.7 Å². The summed E-state index contributed by atoms with van der Waals surface area (Å²) in [5, 5.41) is 11.4. The van der Waals surface area contributed by atoms with Crippen molar-refractivity contribution in [2.45, 2.75) is 32.2 Å². The molecule has 2 saturated heterocycles. The third-order valence-corrected chi connectivity index (χ3v) is 7.32. The molecule has 0 aliphatic carbocycles. The molecule has 8 heteroatoms. The second-order valence-electron chi connectivity index (χ2n) is 8.13. The lowest BCUT2D eigenvalue weighted by atomic mass is 9.86. The summed E-state index contributed by atoms with van der Waals surface area (Å²) in [4.78, 5) is 27.6. The highest BCUT2D eigenvalue weighted by atomic mass is 32.1. The summed E-state index contributed by atoms with van der Waals surface area (Å²) in [6, 6.07) is 0.465. The van der Waals surface area contributed by atoms with Crippen molar-refractivity contribution in [2.75, 3.05) is 51.2 Å². The third kappa shape index (κ3) is 3.99. The number of likely N-dealkylation sites (N-methyl/N-ethyl adjacent to an activating group) is 1. The molecule has 7 nitrogen and oxygen atoms in total. The second-order valence-corrected chi connectivity index (χ2v) is 9.01. The Bertz CT molecular complexity index is 833. The molecule has 2 fully saturated rings. The fraction of sp³-hybridized carbons (Fsp3) is 0.650. The summed E-state index contributed by atoms with van der Waals surface area (Å²) in [7, 11) is 2.17. The van der Waals surface area contributed by atoms with Crippen LogP contribution in [0.3, 0.4) is 0 Å². The van der Waals surface area contributed by atoms with Crippen LogP contribution in [0.25, 0.3) is 10.2 Å². The molecular weight excluding hydrogens is 374 g/mol. The Morgan fingerprint density at radius 1 is 1.25 bits per heavy atom. The van der Waals surface area contributed by atoms with Crippen molar-refractivity contribution >= 4 is 33.3 Å². The highest BCUT2D eigenvalue weighted by Gasteiger charge is 2.35. The highest BCUT2D eigenvalue weighted by Crippen LogP contribution is 2.35. The van der Waals surface area contributed by atoms with Crippen molar-refractivity contribution in [3.05, 3.63) is 17.3 Å². The average molecular weight is 404 g/mol. The van der Waals surface area contributed by atoms with Crippen LogP contribution in [0.2, 0.25) is 0 Å². The maximum atomic E-state index is 11.2. The number of piperidine rings is 1. The lowest BCUT2D eigenvalue weighted by Crippen LogP contribution is -2.56. The van der Waals surface area contributed by atoms with Crippen LogP contribution in [-0.4, -0.2) is 83.2 Å². The Hall–Kier alpha value is -1.77. The summed E-state index contributed by atoms with van der Waals surface area (Å²) >= 11 is 1.71. The largest absolute Gasteiger partial charge is 0.481 e. The summed E-state index contributed by atoms with van der Waals surface area (Å²) in [5.74, 6) is 0.659. The predicted octanol–water partition coefficient (Wildman–Crippen LogP) is 2.31. The van der Waals surface area contributed by atoms with E-state index in [1.54, 1.807) is 17.7 Å². The van der Waals surface area contributed by atoms with Crippen LogP contribution < -0.4 is 4.90 Å². The van der Waals surface area contributed by atoms with E-state index in [0.717, 1.165) is 68.1 Å². The Labute approximate surface area is 170 Å². The molecule has 0 radical (unpaired) electrons. The Kier molecular flexibility index (Phi) is 5.80. The number of hydrogen-bond donors (Lipinski definition) is 1. The first-order chi connectivity index (χ1) is 13.5. The first-order valence-corrected chi connectivity index (χ1v) is 11.0. The monoisotopic (exact) mass is 403 g/mol. The normalized spacial score (nSPS) is 24.7. The maximum Gasteiger partial charge on any atom is 0.303 e. The number of fused-ring (bicyclic) bond motifs is 1. The van der Waals surface area contributed by atoms with Gasteiger partial charge in [0.2, 0.25) is 0 Å². The van der Waals surface area contributed by atoms with Crippen molar-refractivity contribution in [1.82, 2.24) is 19.8 Å². The number of aliphatic carboxylic acids is 1. The van der Waals surface area contributed by atoms with Gasteiger partial charge < -0.3 is 14.9 Å². The van der Waals surface area contributed by atoms with Gasteiger partial charge in [-0.3, -0.25) is 9.69 Å². The zero-order valence-corrected chi connectivity index (χ0v) is 17.5. The van der Waals surface area contributed by atoms with Crippen molar-refractivity contribution in [3.63, 3.8) is 0 Å².